The third kappa shape index (κ3) is 3.36. The fourth-order valence-corrected chi connectivity index (χ4v) is 2.91. The van der Waals surface area contributed by atoms with Gasteiger partial charge in [-0.25, -0.2) is 4.79 Å². The Bertz CT molecular complexity index is 888. The lowest BCUT2D eigenvalue weighted by atomic mass is 9.99. The summed E-state index contributed by atoms with van der Waals surface area (Å²) < 4.78 is 16.3. The van der Waals surface area contributed by atoms with E-state index in [0.29, 0.717) is 61.0 Å². The van der Waals surface area contributed by atoms with Crippen molar-refractivity contribution in [3.05, 3.63) is 39.7 Å². The van der Waals surface area contributed by atoms with Crippen molar-refractivity contribution in [3.63, 3.8) is 0 Å². The van der Waals surface area contributed by atoms with Gasteiger partial charge in [0, 0.05) is 56.0 Å². The van der Waals surface area contributed by atoms with E-state index in [0.717, 1.165) is 12.3 Å². The number of carboxylic acid groups (broad SMARTS) is 1. The monoisotopic (exact) mass is 361 g/mol. The molecule has 0 saturated carbocycles. The molecule has 8 nitrogen and oxygen atoms in total. The van der Waals surface area contributed by atoms with Gasteiger partial charge in [0.05, 0.1) is 18.9 Å². The van der Waals surface area contributed by atoms with Gasteiger partial charge in [-0.3, -0.25) is 4.79 Å². The number of fused-ring (bicyclic) bond motifs is 1. The number of phenols is 1. The molecule has 0 unspecified atom stereocenters. The number of carboxylic acids is 1. The molecule has 3 N–H and O–H groups in total. The molecule has 0 spiro atoms. The van der Waals surface area contributed by atoms with E-state index < -0.39 is 11.4 Å². The van der Waals surface area contributed by atoms with E-state index in [4.69, 9.17) is 19.3 Å². The van der Waals surface area contributed by atoms with Crippen LogP contribution in [0, 0.1) is 0 Å². The number of rotatable bonds is 7. The predicted octanol–water partition coefficient (Wildman–Crippen LogP) is 1.80. The Morgan fingerprint density at radius 3 is 2.85 bits per heavy atom. The van der Waals surface area contributed by atoms with E-state index in [1.54, 1.807) is 7.11 Å². The number of methoxy groups -OCH3 is 1. The summed E-state index contributed by atoms with van der Waals surface area (Å²) in [6.07, 6.45) is 2.35. The SMILES string of the molecule is COCCCOc1cc(O)c(-c2cc(=O)c(C(=O)O)c[nH]2)c2c1OCC2. The second kappa shape index (κ2) is 7.49. The van der Waals surface area contributed by atoms with Crippen molar-refractivity contribution in [2.24, 2.45) is 0 Å². The number of aromatic nitrogens is 1. The first-order chi connectivity index (χ1) is 12.5. The van der Waals surface area contributed by atoms with E-state index in [2.05, 4.69) is 4.98 Å². The van der Waals surface area contributed by atoms with Crippen molar-refractivity contribution in [3.8, 4) is 28.5 Å². The minimum atomic E-state index is -1.31. The van der Waals surface area contributed by atoms with Gasteiger partial charge in [0.15, 0.2) is 16.9 Å². The molecule has 0 aliphatic carbocycles. The number of ether oxygens (including phenoxy) is 3. The summed E-state index contributed by atoms with van der Waals surface area (Å²) in [6, 6.07) is 2.60. The number of aromatic carboxylic acids is 1. The number of aromatic hydroxyl groups is 1. The lowest BCUT2D eigenvalue weighted by Crippen LogP contribution is -2.14. The van der Waals surface area contributed by atoms with Crippen LogP contribution in [0.3, 0.4) is 0 Å². The maximum atomic E-state index is 12.0. The zero-order valence-corrected chi connectivity index (χ0v) is 14.2. The Labute approximate surface area is 149 Å². The molecule has 0 amide bonds. The smallest absolute Gasteiger partial charge is 0.341 e. The summed E-state index contributed by atoms with van der Waals surface area (Å²) in [5.74, 6) is -0.428. The van der Waals surface area contributed by atoms with Crippen molar-refractivity contribution in [1.29, 1.82) is 0 Å². The average Bonchev–Trinajstić information content (AvgIpc) is 3.07. The van der Waals surface area contributed by atoms with E-state index in [1.807, 2.05) is 0 Å². The summed E-state index contributed by atoms with van der Waals surface area (Å²) in [5, 5.41) is 19.5. The number of carbonyl (C=O) groups is 1. The molecule has 0 saturated heterocycles. The van der Waals surface area contributed by atoms with Crippen LogP contribution in [0.25, 0.3) is 11.3 Å². The summed E-state index contributed by atoms with van der Waals surface area (Å²) >= 11 is 0. The fraction of sp³-hybridized carbons (Fsp3) is 0.333. The Morgan fingerprint density at radius 2 is 2.15 bits per heavy atom. The van der Waals surface area contributed by atoms with Gasteiger partial charge >= 0.3 is 5.97 Å². The average molecular weight is 361 g/mol. The van der Waals surface area contributed by atoms with Crippen LogP contribution in [0.4, 0.5) is 0 Å². The molecule has 1 aromatic carbocycles. The lowest BCUT2D eigenvalue weighted by molar-refractivity contribution is 0.0695. The van der Waals surface area contributed by atoms with Gasteiger partial charge < -0.3 is 29.4 Å². The highest BCUT2D eigenvalue weighted by atomic mass is 16.5. The number of hydrogen-bond donors (Lipinski definition) is 3. The Kier molecular flexibility index (Phi) is 5.13. The summed E-state index contributed by atoms with van der Waals surface area (Å²) in [5.41, 5.74) is 0.448. The van der Waals surface area contributed by atoms with E-state index in [9.17, 15) is 14.7 Å². The molecule has 0 bridgehead atoms. The molecule has 1 aromatic heterocycles. The normalized spacial score (nSPS) is 12.5. The molecule has 0 fully saturated rings. The minimum absolute atomic E-state index is 0.0743. The van der Waals surface area contributed by atoms with Gasteiger partial charge in [-0.1, -0.05) is 0 Å². The zero-order valence-electron chi connectivity index (χ0n) is 14.2. The largest absolute Gasteiger partial charge is 0.507 e. The highest BCUT2D eigenvalue weighted by Crippen LogP contribution is 2.46. The Balaban J connectivity index is 1.99. The third-order valence-corrected chi connectivity index (χ3v) is 4.09. The molecule has 8 heteroatoms. The second-order valence-electron chi connectivity index (χ2n) is 5.80. The van der Waals surface area contributed by atoms with Gasteiger partial charge in [0.25, 0.3) is 0 Å². The first-order valence-corrected chi connectivity index (χ1v) is 8.12. The number of phenolic OH excluding ortho intramolecular Hbond substituents is 1. The van der Waals surface area contributed by atoms with Crippen LogP contribution in [0.2, 0.25) is 0 Å². The molecular formula is C18H19NO7. The molecule has 26 heavy (non-hydrogen) atoms. The number of hydrogen-bond acceptors (Lipinski definition) is 6. The number of nitrogens with one attached hydrogen (secondary N) is 1. The first-order valence-electron chi connectivity index (χ1n) is 8.12. The summed E-state index contributed by atoms with van der Waals surface area (Å²) in [6.45, 7) is 1.40. The van der Waals surface area contributed by atoms with Gasteiger partial charge in [0.2, 0.25) is 0 Å². The van der Waals surface area contributed by atoms with Crippen molar-refractivity contribution in [2.75, 3.05) is 26.9 Å². The van der Waals surface area contributed by atoms with E-state index in [1.165, 1.54) is 6.07 Å². The van der Waals surface area contributed by atoms with Crippen LogP contribution >= 0.6 is 0 Å². The van der Waals surface area contributed by atoms with Gasteiger partial charge in [-0.2, -0.15) is 0 Å². The van der Waals surface area contributed by atoms with Gasteiger partial charge in [-0.15, -0.1) is 0 Å². The number of aromatic amines is 1. The Hall–Kier alpha value is -3.00. The summed E-state index contributed by atoms with van der Waals surface area (Å²) in [7, 11) is 1.61. The third-order valence-electron chi connectivity index (χ3n) is 4.09. The number of benzene rings is 1. The standard InChI is InChI=1S/C18H19NO7/c1-24-4-2-5-25-15-8-14(21)16(10-3-6-26-17(10)15)12-7-13(20)11(9-19-12)18(22)23/h7-9,21H,2-6H2,1H3,(H,19,20)(H,22,23). The van der Waals surface area contributed by atoms with E-state index >= 15 is 0 Å². The number of pyridine rings is 1. The molecule has 2 heterocycles. The minimum Gasteiger partial charge on any atom is -0.507 e. The highest BCUT2D eigenvalue weighted by Gasteiger charge is 2.26. The van der Waals surface area contributed by atoms with Crippen LogP contribution in [0.1, 0.15) is 22.3 Å². The van der Waals surface area contributed by atoms with Crippen LogP contribution < -0.4 is 14.9 Å². The van der Waals surface area contributed by atoms with Gasteiger partial charge in [0.1, 0.15) is 11.3 Å². The zero-order chi connectivity index (χ0) is 18.7. The van der Waals surface area contributed by atoms with Crippen LogP contribution in [-0.2, 0) is 11.2 Å². The topological polar surface area (TPSA) is 118 Å². The molecule has 1 aliphatic heterocycles. The quantitative estimate of drug-likeness (QED) is 0.644. The van der Waals surface area contributed by atoms with Crippen LogP contribution in [-0.4, -0.2) is 48.1 Å². The summed E-state index contributed by atoms with van der Waals surface area (Å²) in [4.78, 5) is 25.8. The predicted molar refractivity (Wildman–Crippen MR) is 92.3 cm³/mol. The maximum absolute atomic E-state index is 12.0. The maximum Gasteiger partial charge on any atom is 0.341 e. The van der Waals surface area contributed by atoms with Crippen LogP contribution in [0.5, 0.6) is 17.2 Å². The fourth-order valence-electron chi connectivity index (χ4n) is 2.91. The first kappa shape index (κ1) is 17.8. The van der Waals surface area contributed by atoms with Crippen molar-refractivity contribution in [2.45, 2.75) is 12.8 Å². The second-order valence-corrected chi connectivity index (χ2v) is 5.80. The number of H-pyrrole nitrogens is 1. The molecule has 3 rings (SSSR count). The lowest BCUT2D eigenvalue weighted by Gasteiger charge is -2.15. The van der Waals surface area contributed by atoms with Crippen molar-refractivity contribution < 1.29 is 29.2 Å². The molecule has 0 radical (unpaired) electrons. The van der Waals surface area contributed by atoms with Crippen molar-refractivity contribution in [1.82, 2.24) is 4.98 Å². The molecular weight excluding hydrogens is 342 g/mol. The van der Waals surface area contributed by atoms with Crippen LogP contribution in [0.15, 0.2) is 23.1 Å². The highest BCUT2D eigenvalue weighted by molar-refractivity contribution is 5.88. The molecule has 1 aliphatic rings. The van der Waals surface area contributed by atoms with E-state index in [-0.39, 0.29) is 11.3 Å². The molecule has 2 aromatic rings. The molecule has 0 atom stereocenters. The van der Waals surface area contributed by atoms with Gasteiger partial charge in [-0.05, 0) is 0 Å². The molecule has 138 valence electrons. The Morgan fingerprint density at radius 1 is 1.35 bits per heavy atom. The van der Waals surface area contributed by atoms with Crippen molar-refractivity contribution >= 4 is 5.97 Å².